The zero-order valence-electron chi connectivity index (χ0n) is 9.66. The van der Waals surface area contributed by atoms with Crippen molar-refractivity contribution >= 4 is 5.69 Å². The molecule has 4 nitrogen and oxygen atoms in total. The van der Waals surface area contributed by atoms with Gasteiger partial charge in [0.05, 0.1) is 6.61 Å². The molecule has 1 heterocycles. The van der Waals surface area contributed by atoms with Crippen molar-refractivity contribution < 1.29 is 14.2 Å². The summed E-state index contributed by atoms with van der Waals surface area (Å²) in [7, 11) is 1.71. The van der Waals surface area contributed by atoms with Crippen molar-refractivity contribution in [2.24, 2.45) is 0 Å². The number of ether oxygens (including phenoxy) is 3. The molecule has 0 radical (unpaired) electrons. The Labute approximate surface area is 95.5 Å². The standard InChI is InChI=1S/C12H17NO3/c1-3-9(7-14-2)13-10-4-5-11-12(6-10)16-8-15-11/h4-6,9,13H,3,7-8H2,1-2H3. The Morgan fingerprint density at radius 3 is 2.94 bits per heavy atom. The summed E-state index contributed by atoms with van der Waals surface area (Å²) in [6.07, 6.45) is 1.02. The number of anilines is 1. The largest absolute Gasteiger partial charge is 0.454 e. The SMILES string of the molecule is CCC(COC)Nc1ccc2c(c1)OCO2. The molecule has 1 aromatic rings. The molecule has 4 heteroatoms. The normalized spacial score (nSPS) is 14.9. The average molecular weight is 223 g/mol. The maximum absolute atomic E-state index is 5.32. The zero-order chi connectivity index (χ0) is 11.4. The van der Waals surface area contributed by atoms with Gasteiger partial charge in [-0.3, -0.25) is 0 Å². The monoisotopic (exact) mass is 223 g/mol. The third-order valence-corrected chi connectivity index (χ3v) is 2.60. The molecule has 88 valence electrons. The predicted octanol–water partition coefficient (Wildman–Crippen LogP) is 2.25. The third kappa shape index (κ3) is 2.39. The van der Waals surface area contributed by atoms with Gasteiger partial charge >= 0.3 is 0 Å². The van der Waals surface area contributed by atoms with Crippen LogP contribution in [0.2, 0.25) is 0 Å². The number of rotatable bonds is 5. The molecule has 0 amide bonds. The van der Waals surface area contributed by atoms with Gasteiger partial charge in [-0.1, -0.05) is 6.92 Å². The van der Waals surface area contributed by atoms with Crippen LogP contribution >= 0.6 is 0 Å². The van der Waals surface area contributed by atoms with E-state index in [0.29, 0.717) is 19.4 Å². The van der Waals surface area contributed by atoms with Crippen LogP contribution in [0.1, 0.15) is 13.3 Å². The Hall–Kier alpha value is -1.42. The minimum atomic E-state index is 0.314. The first-order valence-electron chi connectivity index (χ1n) is 5.48. The Bertz CT molecular complexity index is 354. The van der Waals surface area contributed by atoms with Crippen molar-refractivity contribution in [3.05, 3.63) is 18.2 Å². The average Bonchev–Trinajstić information content (AvgIpc) is 2.75. The molecular formula is C12H17NO3. The van der Waals surface area contributed by atoms with Crippen molar-refractivity contribution in [3.8, 4) is 11.5 Å². The molecule has 1 N–H and O–H groups in total. The van der Waals surface area contributed by atoms with E-state index in [9.17, 15) is 0 Å². The summed E-state index contributed by atoms with van der Waals surface area (Å²) >= 11 is 0. The van der Waals surface area contributed by atoms with E-state index in [1.165, 1.54) is 0 Å². The molecule has 0 aromatic heterocycles. The van der Waals surface area contributed by atoms with E-state index in [-0.39, 0.29) is 0 Å². The van der Waals surface area contributed by atoms with E-state index < -0.39 is 0 Å². The smallest absolute Gasteiger partial charge is 0.231 e. The summed E-state index contributed by atoms with van der Waals surface area (Å²) < 4.78 is 15.7. The summed E-state index contributed by atoms with van der Waals surface area (Å²) in [6, 6.07) is 6.20. The lowest BCUT2D eigenvalue weighted by molar-refractivity contribution is 0.174. The minimum Gasteiger partial charge on any atom is -0.454 e. The molecule has 1 aliphatic heterocycles. The molecule has 0 fully saturated rings. The van der Waals surface area contributed by atoms with Crippen LogP contribution in [0.4, 0.5) is 5.69 Å². The Morgan fingerprint density at radius 2 is 2.19 bits per heavy atom. The maximum atomic E-state index is 5.32. The molecule has 1 aliphatic rings. The first-order valence-corrected chi connectivity index (χ1v) is 5.48. The van der Waals surface area contributed by atoms with Crippen LogP contribution in [0, 0.1) is 0 Å². The first-order chi connectivity index (χ1) is 7.83. The van der Waals surface area contributed by atoms with Gasteiger partial charge in [-0.2, -0.15) is 0 Å². The van der Waals surface area contributed by atoms with Gasteiger partial charge in [0.1, 0.15) is 0 Å². The highest BCUT2D eigenvalue weighted by molar-refractivity contribution is 5.56. The van der Waals surface area contributed by atoms with Crippen molar-refractivity contribution in [2.75, 3.05) is 25.8 Å². The molecule has 16 heavy (non-hydrogen) atoms. The topological polar surface area (TPSA) is 39.7 Å². The molecule has 1 aromatic carbocycles. The summed E-state index contributed by atoms with van der Waals surface area (Å²) in [5, 5.41) is 3.40. The predicted molar refractivity (Wildman–Crippen MR) is 62.1 cm³/mol. The van der Waals surface area contributed by atoms with Crippen molar-refractivity contribution in [2.45, 2.75) is 19.4 Å². The zero-order valence-corrected chi connectivity index (χ0v) is 9.66. The van der Waals surface area contributed by atoms with E-state index in [1.807, 2.05) is 18.2 Å². The highest BCUT2D eigenvalue weighted by Gasteiger charge is 2.14. The van der Waals surface area contributed by atoms with Gasteiger partial charge in [-0.05, 0) is 18.6 Å². The van der Waals surface area contributed by atoms with E-state index in [4.69, 9.17) is 14.2 Å². The summed E-state index contributed by atoms with van der Waals surface area (Å²) in [5.41, 5.74) is 1.04. The summed E-state index contributed by atoms with van der Waals surface area (Å²) in [4.78, 5) is 0. The number of methoxy groups -OCH3 is 1. The molecule has 0 spiro atoms. The lowest BCUT2D eigenvalue weighted by Gasteiger charge is -2.17. The molecule has 0 saturated carbocycles. The second-order valence-electron chi connectivity index (χ2n) is 3.77. The fourth-order valence-electron chi connectivity index (χ4n) is 1.68. The Balaban J connectivity index is 2.04. The molecule has 1 unspecified atom stereocenters. The molecule has 0 saturated heterocycles. The lowest BCUT2D eigenvalue weighted by Crippen LogP contribution is -2.23. The summed E-state index contributed by atoms with van der Waals surface area (Å²) in [5.74, 6) is 1.61. The van der Waals surface area contributed by atoms with Gasteiger partial charge in [0.2, 0.25) is 6.79 Å². The van der Waals surface area contributed by atoms with Gasteiger partial charge < -0.3 is 19.5 Å². The third-order valence-electron chi connectivity index (χ3n) is 2.60. The van der Waals surface area contributed by atoms with Crippen molar-refractivity contribution in [1.29, 1.82) is 0 Å². The molecule has 0 bridgehead atoms. The second-order valence-corrected chi connectivity index (χ2v) is 3.77. The first kappa shape index (κ1) is 11.1. The quantitative estimate of drug-likeness (QED) is 0.831. The van der Waals surface area contributed by atoms with Crippen LogP contribution in [0.3, 0.4) is 0 Å². The summed E-state index contributed by atoms with van der Waals surface area (Å²) in [6.45, 7) is 3.14. The van der Waals surface area contributed by atoms with Crippen LogP contribution < -0.4 is 14.8 Å². The number of hydrogen-bond acceptors (Lipinski definition) is 4. The fraction of sp³-hybridized carbons (Fsp3) is 0.500. The van der Waals surface area contributed by atoms with Crippen LogP contribution in [0.15, 0.2) is 18.2 Å². The Kier molecular flexibility index (Phi) is 3.51. The minimum absolute atomic E-state index is 0.314. The van der Waals surface area contributed by atoms with Gasteiger partial charge in [-0.25, -0.2) is 0 Å². The van der Waals surface area contributed by atoms with Gasteiger partial charge in [0.25, 0.3) is 0 Å². The van der Waals surface area contributed by atoms with Crippen molar-refractivity contribution in [1.82, 2.24) is 0 Å². The molecule has 1 atom stereocenters. The Morgan fingerprint density at radius 1 is 1.38 bits per heavy atom. The fourth-order valence-corrected chi connectivity index (χ4v) is 1.68. The molecular weight excluding hydrogens is 206 g/mol. The van der Waals surface area contributed by atoms with Crippen LogP contribution in [-0.4, -0.2) is 26.6 Å². The van der Waals surface area contributed by atoms with E-state index in [1.54, 1.807) is 7.11 Å². The number of hydrogen-bond donors (Lipinski definition) is 1. The van der Waals surface area contributed by atoms with E-state index >= 15 is 0 Å². The molecule has 2 rings (SSSR count). The second kappa shape index (κ2) is 5.07. The number of benzene rings is 1. The van der Waals surface area contributed by atoms with Gasteiger partial charge in [-0.15, -0.1) is 0 Å². The van der Waals surface area contributed by atoms with Crippen molar-refractivity contribution in [3.63, 3.8) is 0 Å². The lowest BCUT2D eigenvalue weighted by atomic mass is 10.2. The van der Waals surface area contributed by atoms with Gasteiger partial charge in [0, 0.05) is 24.9 Å². The van der Waals surface area contributed by atoms with E-state index in [0.717, 1.165) is 23.6 Å². The number of nitrogens with one attached hydrogen (secondary N) is 1. The highest BCUT2D eigenvalue weighted by Crippen LogP contribution is 2.34. The maximum Gasteiger partial charge on any atom is 0.231 e. The van der Waals surface area contributed by atoms with Gasteiger partial charge in [0.15, 0.2) is 11.5 Å². The van der Waals surface area contributed by atoms with Crippen LogP contribution in [0.25, 0.3) is 0 Å². The van der Waals surface area contributed by atoms with Crippen LogP contribution in [-0.2, 0) is 4.74 Å². The number of fused-ring (bicyclic) bond motifs is 1. The highest BCUT2D eigenvalue weighted by atomic mass is 16.7. The van der Waals surface area contributed by atoms with Crippen LogP contribution in [0.5, 0.6) is 11.5 Å². The van der Waals surface area contributed by atoms with E-state index in [2.05, 4.69) is 12.2 Å². The molecule has 0 aliphatic carbocycles.